The summed E-state index contributed by atoms with van der Waals surface area (Å²) in [6, 6.07) is 10.4. The third-order valence-electron chi connectivity index (χ3n) is 4.05. The molecule has 30 heavy (non-hydrogen) atoms. The van der Waals surface area contributed by atoms with Gasteiger partial charge in [-0.25, -0.2) is 18.4 Å². The van der Waals surface area contributed by atoms with E-state index in [1.165, 1.54) is 43.5 Å². The first-order valence-corrected chi connectivity index (χ1v) is 10.1. The number of rotatable bonds is 7. The molecule has 0 fully saturated rings. The summed E-state index contributed by atoms with van der Waals surface area (Å²) in [6.07, 6.45) is 1.87. The first-order chi connectivity index (χ1) is 14.4. The maximum Gasteiger partial charge on any atom is 0.263 e. The number of sulfonamides is 1. The number of aryl methyl sites for hydroxylation is 1. The fourth-order valence-electron chi connectivity index (χ4n) is 2.52. The topological polar surface area (TPSA) is 154 Å². The smallest absolute Gasteiger partial charge is 0.263 e. The van der Waals surface area contributed by atoms with E-state index in [2.05, 4.69) is 24.9 Å². The van der Waals surface area contributed by atoms with Gasteiger partial charge >= 0.3 is 0 Å². The fourth-order valence-corrected chi connectivity index (χ4v) is 3.53. The highest BCUT2D eigenvalue weighted by Crippen LogP contribution is 2.30. The number of aromatic hydroxyl groups is 1. The Morgan fingerprint density at radius 3 is 2.47 bits per heavy atom. The first-order valence-electron chi connectivity index (χ1n) is 8.60. The zero-order chi connectivity index (χ0) is 21.7. The molecule has 0 unspecified atom stereocenters. The number of carbonyl (C=O) groups is 1. The summed E-state index contributed by atoms with van der Waals surface area (Å²) < 4.78 is 27.2. The Bertz CT molecular complexity index is 1200. The lowest BCUT2D eigenvalue weighted by molar-refractivity contribution is 0.111. The van der Waals surface area contributed by atoms with Gasteiger partial charge in [0.15, 0.2) is 12.1 Å². The molecule has 0 bridgehead atoms. The molecule has 0 amide bonds. The number of hydrogen-bond donors (Lipinski definition) is 3. The predicted octanol–water partition coefficient (Wildman–Crippen LogP) is 3.01. The van der Waals surface area contributed by atoms with Crippen molar-refractivity contribution in [3.05, 3.63) is 65.5 Å². The molecule has 2 aromatic heterocycles. The van der Waals surface area contributed by atoms with E-state index in [1.54, 1.807) is 12.1 Å². The van der Waals surface area contributed by atoms with E-state index >= 15 is 0 Å². The molecule has 154 valence electrons. The van der Waals surface area contributed by atoms with Crippen LogP contribution in [0.4, 0.5) is 17.3 Å². The Labute approximate surface area is 172 Å². The van der Waals surface area contributed by atoms with Crippen LogP contribution in [0.25, 0.3) is 0 Å². The summed E-state index contributed by atoms with van der Waals surface area (Å²) in [5, 5.41) is 27.3. The molecular weight excluding hydrogens is 410 g/mol. The second-order valence-corrected chi connectivity index (χ2v) is 7.73. The van der Waals surface area contributed by atoms with Gasteiger partial charge in [-0.1, -0.05) is 6.07 Å². The summed E-state index contributed by atoms with van der Waals surface area (Å²) in [4.78, 5) is 19.2. The second kappa shape index (κ2) is 8.76. The van der Waals surface area contributed by atoms with Crippen molar-refractivity contribution in [3.8, 4) is 5.75 Å². The average molecular weight is 427 g/mol. The highest BCUT2D eigenvalue weighted by molar-refractivity contribution is 7.92. The summed E-state index contributed by atoms with van der Waals surface area (Å²) in [5.41, 5.74) is 0.401. The van der Waals surface area contributed by atoms with Crippen LogP contribution in [0.2, 0.25) is 0 Å². The minimum Gasteiger partial charge on any atom is -0.505 e. The summed E-state index contributed by atoms with van der Waals surface area (Å²) in [7, 11) is -3.82. The molecule has 0 saturated carbocycles. The number of azo groups is 1. The molecule has 3 N–H and O–H groups in total. The lowest BCUT2D eigenvalue weighted by Gasteiger charge is -2.09. The zero-order valence-corrected chi connectivity index (χ0v) is 16.5. The molecular formula is C19H17N5O5S. The van der Waals surface area contributed by atoms with Crippen LogP contribution in [-0.2, 0) is 16.6 Å². The van der Waals surface area contributed by atoms with Crippen molar-refractivity contribution in [1.29, 1.82) is 0 Å². The van der Waals surface area contributed by atoms with Crippen molar-refractivity contribution >= 4 is 33.6 Å². The van der Waals surface area contributed by atoms with Crippen molar-refractivity contribution in [2.75, 3.05) is 4.72 Å². The van der Waals surface area contributed by atoms with Crippen molar-refractivity contribution < 1.29 is 23.4 Å². The molecule has 1 aromatic carbocycles. The van der Waals surface area contributed by atoms with E-state index < -0.39 is 16.6 Å². The van der Waals surface area contributed by atoms with Gasteiger partial charge in [0, 0.05) is 11.8 Å². The molecule has 10 nitrogen and oxygen atoms in total. The number of nitrogens with one attached hydrogen (secondary N) is 1. The molecule has 0 aliphatic carbocycles. The van der Waals surface area contributed by atoms with Crippen LogP contribution < -0.4 is 4.72 Å². The van der Waals surface area contributed by atoms with Gasteiger partial charge in [0.2, 0.25) is 0 Å². The summed E-state index contributed by atoms with van der Waals surface area (Å²) in [6.45, 7) is 0.913. The fraction of sp³-hybridized carbons (Fsp3) is 0.105. The number of carbonyl (C=O) groups excluding carboxylic acids is 1. The van der Waals surface area contributed by atoms with Gasteiger partial charge in [-0.05, 0) is 43.3 Å². The molecule has 11 heteroatoms. The third kappa shape index (κ3) is 4.47. The van der Waals surface area contributed by atoms with Crippen LogP contribution in [0.1, 0.15) is 21.6 Å². The number of hydrogen-bond acceptors (Lipinski definition) is 9. The quantitative estimate of drug-likeness (QED) is 0.387. The highest BCUT2D eigenvalue weighted by Gasteiger charge is 2.17. The van der Waals surface area contributed by atoms with Crippen molar-refractivity contribution in [2.45, 2.75) is 18.4 Å². The molecule has 0 radical (unpaired) electrons. The second-order valence-electron chi connectivity index (χ2n) is 6.05. The van der Waals surface area contributed by atoms with Gasteiger partial charge in [0.25, 0.3) is 10.0 Å². The van der Waals surface area contributed by atoms with E-state index in [0.717, 1.165) is 0 Å². The molecule has 2 heterocycles. The molecule has 0 saturated heterocycles. The van der Waals surface area contributed by atoms with Gasteiger partial charge in [-0.3, -0.25) is 9.52 Å². The highest BCUT2D eigenvalue weighted by atomic mass is 32.2. The van der Waals surface area contributed by atoms with Crippen molar-refractivity contribution in [1.82, 2.24) is 9.97 Å². The monoisotopic (exact) mass is 427 g/mol. The molecule has 3 aromatic rings. The van der Waals surface area contributed by atoms with Crippen LogP contribution in [0, 0.1) is 6.92 Å². The Balaban J connectivity index is 1.85. The summed E-state index contributed by atoms with van der Waals surface area (Å²) >= 11 is 0. The average Bonchev–Trinajstić information content (AvgIpc) is 2.74. The number of benzene rings is 1. The van der Waals surface area contributed by atoms with Crippen LogP contribution in [0.5, 0.6) is 5.75 Å². The predicted molar refractivity (Wildman–Crippen MR) is 108 cm³/mol. The minimum atomic E-state index is -3.82. The first kappa shape index (κ1) is 21.0. The van der Waals surface area contributed by atoms with Gasteiger partial charge in [0.1, 0.15) is 11.6 Å². The van der Waals surface area contributed by atoms with E-state index in [4.69, 9.17) is 0 Å². The number of pyridine rings is 2. The number of nitrogens with zero attached hydrogens (tertiary/aromatic N) is 4. The van der Waals surface area contributed by atoms with Crippen molar-refractivity contribution in [3.63, 3.8) is 0 Å². The Morgan fingerprint density at radius 1 is 1.13 bits per heavy atom. The third-order valence-corrected chi connectivity index (χ3v) is 5.42. The number of aromatic nitrogens is 2. The van der Waals surface area contributed by atoms with Crippen LogP contribution >= 0.6 is 0 Å². The van der Waals surface area contributed by atoms with Gasteiger partial charge in [-0.15, -0.1) is 10.2 Å². The molecule has 0 spiro atoms. The zero-order valence-electron chi connectivity index (χ0n) is 15.7. The molecule has 3 rings (SSSR count). The van der Waals surface area contributed by atoms with Gasteiger partial charge in [0.05, 0.1) is 28.4 Å². The van der Waals surface area contributed by atoms with Crippen LogP contribution in [0.15, 0.2) is 63.8 Å². The number of aliphatic hydroxyl groups excluding tert-OH is 1. The van der Waals surface area contributed by atoms with E-state index in [9.17, 15) is 23.4 Å². The number of aliphatic hydroxyl groups is 1. The SMILES string of the molecule is Cc1nc(N=Nc2ccc(S(=O)(=O)Nc3ccccn3)cc2)c(CO)c(C=O)c1O. The van der Waals surface area contributed by atoms with Crippen LogP contribution in [-0.4, -0.2) is 34.9 Å². The minimum absolute atomic E-state index is 0.00462. The molecule has 0 aliphatic heterocycles. The van der Waals surface area contributed by atoms with E-state index in [-0.39, 0.29) is 39.1 Å². The van der Waals surface area contributed by atoms with Gasteiger partial charge < -0.3 is 10.2 Å². The largest absolute Gasteiger partial charge is 0.505 e. The lowest BCUT2D eigenvalue weighted by Crippen LogP contribution is -2.13. The summed E-state index contributed by atoms with van der Waals surface area (Å²) in [5.74, 6) is -0.163. The van der Waals surface area contributed by atoms with Gasteiger partial charge in [-0.2, -0.15) is 0 Å². The maximum absolute atomic E-state index is 12.4. The van der Waals surface area contributed by atoms with E-state index in [1.807, 2.05) is 0 Å². The van der Waals surface area contributed by atoms with E-state index in [0.29, 0.717) is 12.0 Å². The van der Waals surface area contributed by atoms with Crippen LogP contribution in [0.3, 0.4) is 0 Å². The lowest BCUT2D eigenvalue weighted by atomic mass is 10.1. The number of anilines is 1. The standard InChI is InChI=1S/C19H17N5O5S/c1-12-18(27)15(10-25)16(11-26)19(21-12)23-22-13-5-7-14(8-6-13)30(28,29)24-17-4-2-3-9-20-17/h2-10,26-27H,11H2,1H3,(H,20,24). The maximum atomic E-state index is 12.4. The number of aldehydes is 1. The normalized spacial score (nSPS) is 11.5. The molecule has 0 atom stereocenters. The Kier molecular flexibility index (Phi) is 6.14. The Hall–Kier alpha value is -3.70. The molecule has 0 aliphatic rings. The Morgan fingerprint density at radius 2 is 1.87 bits per heavy atom. The van der Waals surface area contributed by atoms with Crippen molar-refractivity contribution in [2.24, 2.45) is 10.2 Å².